The van der Waals surface area contributed by atoms with Crippen LogP contribution in [0.2, 0.25) is 5.02 Å². The molecule has 124 valence electrons. The SMILES string of the molecule is CCC(C)C(Nc1cccc(Cl)c1)C(=O)N1CCCCN1C#N. The van der Waals surface area contributed by atoms with Crippen LogP contribution < -0.4 is 5.32 Å². The standard InChI is InChI=1S/C17H23ClN4O/c1-3-13(2)16(20-15-8-6-7-14(18)11-15)17(23)22-10-5-4-9-21(22)12-19/h6-8,11,13,16,20H,3-5,9-10H2,1-2H3. The van der Waals surface area contributed by atoms with Crippen molar-refractivity contribution in [2.45, 2.75) is 39.2 Å². The highest BCUT2D eigenvalue weighted by Gasteiger charge is 2.32. The highest BCUT2D eigenvalue weighted by molar-refractivity contribution is 6.30. The summed E-state index contributed by atoms with van der Waals surface area (Å²) < 4.78 is 0. The van der Waals surface area contributed by atoms with E-state index in [1.807, 2.05) is 25.1 Å². The molecule has 2 atom stereocenters. The quantitative estimate of drug-likeness (QED) is 0.837. The minimum absolute atomic E-state index is 0.0550. The molecule has 0 bridgehead atoms. The van der Waals surface area contributed by atoms with E-state index in [1.54, 1.807) is 11.1 Å². The van der Waals surface area contributed by atoms with Crippen molar-refractivity contribution in [3.8, 4) is 6.19 Å². The van der Waals surface area contributed by atoms with Crippen molar-refractivity contribution in [2.75, 3.05) is 18.4 Å². The Bertz CT molecular complexity index is 586. The summed E-state index contributed by atoms with van der Waals surface area (Å²) in [7, 11) is 0. The zero-order chi connectivity index (χ0) is 16.8. The van der Waals surface area contributed by atoms with Gasteiger partial charge in [-0.15, -0.1) is 0 Å². The van der Waals surface area contributed by atoms with E-state index in [0.717, 1.165) is 24.9 Å². The second-order valence-electron chi connectivity index (χ2n) is 5.91. The van der Waals surface area contributed by atoms with Crippen molar-refractivity contribution in [2.24, 2.45) is 5.92 Å². The first-order valence-corrected chi connectivity index (χ1v) is 8.45. The van der Waals surface area contributed by atoms with Crippen molar-refractivity contribution < 1.29 is 4.79 Å². The first kappa shape index (κ1) is 17.4. The van der Waals surface area contributed by atoms with E-state index in [0.29, 0.717) is 18.1 Å². The fraction of sp³-hybridized carbons (Fsp3) is 0.529. The Morgan fingerprint density at radius 3 is 2.83 bits per heavy atom. The molecule has 2 unspecified atom stereocenters. The summed E-state index contributed by atoms with van der Waals surface area (Å²) in [6.07, 6.45) is 4.84. The molecule has 1 heterocycles. The fourth-order valence-electron chi connectivity index (χ4n) is 2.70. The van der Waals surface area contributed by atoms with Gasteiger partial charge >= 0.3 is 0 Å². The zero-order valence-corrected chi connectivity index (χ0v) is 14.4. The maximum absolute atomic E-state index is 13.0. The Hall–Kier alpha value is -1.93. The zero-order valence-electron chi connectivity index (χ0n) is 13.6. The van der Waals surface area contributed by atoms with E-state index in [2.05, 4.69) is 18.4 Å². The van der Waals surface area contributed by atoms with Gasteiger partial charge in [0, 0.05) is 17.3 Å². The first-order chi connectivity index (χ1) is 11.1. The van der Waals surface area contributed by atoms with Crippen LogP contribution in [0.1, 0.15) is 33.1 Å². The molecule has 6 heteroatoms. The number of carbonyl (C=O) groups excluding carboxylic acids is 1. The van der Waals surface area contributed by atoms with Gasteiger partial charge in [0.1, 0.15) is 6.04 Å². The van der Waals surface area contributed by atoms with Crippen LogP contribution in [0.25, 0.3) is 0 Å². The Kier molecular flexibility index (Phi) is 6.12. The van der Waals surface area contributed by atoms with E-state index in [-0.39, 0.29) is 17.9 Å². The molecule has 1 amide bonds. The van der Waals surface area contributed by atoms with Gasteiger partial charge in [0.2, 0.25) is 0 Å². The lowest BCUT2D eigenvalue weighted by Crippen LogP contribution is -2.54. The number of hydrazine groups is 1. The Morgan fingerprint density at radius 2 is 2.17 bits per heavy atom. The van der Waals surface area contributed by atoms with Gasteiger partial charge in [-0.3, -0.25) is 4.79 Å². The molecular formula is C17H23ClN4O. The number of anilines is 1. The van der Waals surface area contributed by atoms with Crippen molar-refractivity contribution in [1.29, 1.82) is 5.26 Å². The summed E-state index contributed by atoms with van der Waals surface area (Å²) in [5.74, 6) is 0.0875. The van der Waals surface area contributed by atoms with Crippen LogP contribution in [0.4, 0.5) is 5.69 Å². The minimum Gasteiger partial charge on any atom is -0.373 e. The summed E-state index contributed by atoms with van der Waals surface area (Å²) in [6.45, 7) is 5.30. The Balaban J connectivity index is 2.20. The highest BCUT2D eigenvalue weighted by Crippen LogP contribution is 2.22. The number of carbonyl (C=O) groups is 1. The molecule has 0 saturated carbocycles. The molecule has 2 rings (SSSR count). The van der Waals surface area contributed by atoms with Crippen LogP contribution in [-0.2, 0) is 4.79 Å². The lowest BCUT2D eigenvalue weighted by Gasteiger charge is -2.38. The van der Waals surface area contributed by atoms with E-state index >= 15 is 0 Å². The fourth-order valence-corrected chi connectivity index (χ4v) is 2.89. The van der Waals surface area contributed by atoms with Gasteiger partial charge < -0.3 is 5.32 Å². The van der Waals surface area contributed by atoms with Crippen molar-refractivity contribution >= 4 is 23.2 Å². The number of amides is 1. The third-order valence-electron chi connectivity index (χ3n) is 4.28. The summed E-state index contributed by atoms with van der Waals surface area (Å²) in [5.41, 5.74) is 0.816. The number of nitrogens with zero attached hydrogens (tertiary/aromatic N) is 3. The predicted octanol–water partition coefficient (Wildman–Crippen LogP) is 3.49. The molecule has 5 nitrogen and oxygen atoms in total. The van der Waals surface area contributed by atoms with Gasteiger partial charge in [-0.25, -0.2) is 10.0 Å². The summed E-state index contributed by atoms with van der Waals surface area (Å²) in [5, 5.41) is 16.2. The topological polar surface area (TPSA) is 59.4 Å². The third kappa shape index (κ3) is 4.29. The molecule has 1 aliphatic heterocycles. The van der Waals surface area contributed by atoms with Crippen molar-refractivity contribution in [3.05, 3.63) is 29.3 Å². The second-order valence-corrected chi connectivity index (χ2v) is 6.35. The molecule has 0 spiro atoms. The van der Waals surface area contributed by atoms with Gasteiger partial charge in [0.25, 0.3) is 5.91 Å². The van der Waals surface area contributed by atoms with Crippen LogP contribution in [0.15, 0.2) is 24.3 Å². The van der Waals surface area contributed by atoms with Gasteiger partial charge in [0.05, 0.1) is 6.54 Å². The average Bonchev–Trinajstić information content (AvgIpc) is 2.58. The molecule has 1 saturated heterocycles. The normalized spacial score (nSPS) is 17.3. The molecule has 0 aromatic heterocycles. The molecule has 1 aromatic carbocycles. The number of hydrogen-bond donors (Lipinski definition) is 1. The molecule has 0 radical (unpaired) electrons. The molecule has 1 aromatic rings. The van der Waals surface area contributed by atoms with E-state index in [1.165, 1.54) is 5.01 Å². The van der Waals surface area contributed by atoms with E-state index < -0.39 is 0 Å². The average molecular weight is 335 g/mol. The van der Waals surface area contributed by atoms with Crippen LogP contribution in [0, 0.1) is 17.4 Å². The van der Waals surface area contributed by atoms with Gasteiger partial charge in [-0.05, 0) is 37.0 Å². The number of nitrogens with one attached hydrogen (secondary N) is 1. The monoisotopic (exact) mass is 334 g/mol. The maximum atomic E-state index is 13.0. The number of halogens is 1. The van der Waals surface area contributed by atoms with Crippen LogP contribution >= 0.6 is 11.6 Å². The van der Waals surface area contributed by atoms with Crippen LogP contribution in [0.3, 0.4) is 0 Å². The van der Waals surface area contributed by atoms with Gasteiger partial charge in [-0.1, -0.05) is 37.9 Å². The largest absolute Gasteiger partial charge is 0.373 e. The first-order valence-electron chi connectivity index (χ1n) is 8.07. The number of nitriles is 1. The molecule has 1 fully saturated rings. The Labute approximate surface area is 142 Å². The highest BCUT2D eigenvalue weighted by atomic mass is 35.5. The Morgan fingerprint density at radius 1 is 1.43 bits per heavy atom. The predicted molar refractivity (Wildman–Crippen MR) is 91.6 cm³/mol. The lowest BCUT2D eigenvalue weighted by atomic mass is 9.97. The summed E-state index contributed by atoms with van der Waals surface area (Å²) in [6, 6.07) is 6.97. The van der Waals surface area contributed by atoms with Gasteiger partial charge in [0.15, 0.2) is 6.19 Å². The smallest absolute Gasteiger partial charge is 0.264 e. The molecule has 1 N–H and O–H groups in total. The lowest BCUT2D eigenvalue weighted by molar-refractivity contribution is -0.148. The number of rotatable bonds is 5. The summed E-state index contributed by atoms with van der Waals surface area (Å²) >= 11 is 6.03. The number of hydrogen-bond acceptors (Lipinski definition) is 4. The molecule has 0 aliphatic carbocycles. The molecule has 1 aliphatic rings. The second kappa shape index (κ2) is 8.07. The van der Waals surface area contributed by atoms with Crippen molar-refractivity contribution in [1.82, 2.24) is 10.0 Å². The molecule has 23 heavy (non-hydrogen) atoms. The van der Waals surface area contributed by atoms with Crippen LogP contribution in [-0.4, -0.2) is 35.1 Å². The van der Waals surface area contributed by atoms with E-state index in [9.17, 15) is 10.1 Å². The summed E-state index contributed by atoms with van der Waals surface area (Å²) in [4.78, 5) is 13.0. The minimum atomic E-state index is -0.382. The van der Waals surface area contributed by atoms with E-state index in [4.69, 9.17) is 11.6 Å². The molecular weight excluding hydrogens is 312 g/mol. The maximum Gasteiger partial charge on any atom is 0.264 e. The van der Waals surface area contributed by atoms with Gasteiger partial charge in [-0.2, -0.15) is 5.26 Å². The number of benzene rings is 1. The van der Waals surface area contributed by atoms with Crippen molar-refractivity contribution in [3.63, 3.8) is 0 Å². The third-order valence-corrected chi connectivity index (χ3v) is 4.51. The van der Waals surface area contributed by atoms with Crippen LogP contribution in [0.5, 0.6) is 0 Å².